The van der Waals surface area contributed by atoms with Crippen molar-refractivity contribution in [3.8, 4) is 0 Å². The summed E-state index contributed by atoms with van der Waals surface area (Å²) >= 11 is 0. The van der Waals surface area contributed by atoms with Crippen LogP contribution in [-0.4, -0.2) is 26.8 Å². The standard InChI is InChI=1S/C19H23NO2S/c1-14(2)17-12-20(17)11-15-7-3-5-9-18(15)23(22)19-10-6-4-8-16(19)13-21/h3-10,14,17,21H,11-13H2,1-2H3/t17-,20?,23?/m1/s1. The molecular weight excluding hydrogens is 306 g/mol. The van der Waals surface area contributed by atoms with Crippen LogP contribution in [0.1, 0.15) is 25.0 Å². The fourth-order valence-corrected chi connectivity index (χ4v) is 4.36. The summed E-state index contributed by atoms with van der Waals surface area (Å²) < 4.78 is 13.0. The first-order valence-corrected chi connectivity index (χ1v) is 9.19. The van der Waals surface area contributed by atoms with Gasteiger partial charge in [-0.25, -0.2) is 4.21 Å². The van der Waals surface area contributed by atoms with E-state index < -0.39 is 10.8 Å². The van der Waals surface area contributed by atoms with Crippen LogP contribution in [0.2, 0.25) is 0 Å². The van der Waals surface area contributed by atoms with Gasteiger partial charge in [0, 0.05) is 28.9 Å². The van der Waals surface area contributed by atoms with Gasteiger partial charge in [-0.05, 0) is 29.2 Å². The number of nitrogens with zero attached hydrogens (tertiary/aromatic N) is 1. The number of aliphatic hydroxyl groups excluding tert-OH is 1. The van der Waals surface area contributed by atoms with Crippen LogP contribution in [0.4, 0.5) is 0 Å². The Morgan fingerprint density at radius 1 is 1.09 bits per heavy atom. The van der Waals surface area contributed by atoms with Gasteiger partial charge >= 0.3 is 0 Å². The van der Waals surface area contributed by atoms with E-state index in [0.717, 1.165) is 29.1 Å². The molecule has 2 unspecified atom stereocenters. The molecule has 0 aliphatic carbocycles. The summed E-state index contributed by atoms with van der Waals surface area (Å²) in [6.45, 7) is 6.35. The lowest BCUT2D eigenvalue weighted by atomic mass is 10.1. The molecule has 2 aromatic rings. The zero-order valence-electron chi connectivity index (χ0n) is 13.6. The highest BCUT2D eigenvalue weighted by atomic mass is 32.2. The molecule has 3 nitrogen and oxygen atoms in total. The topological polar surface area (TPSA) is 40.3 Å². The van der Waals surface area contributed by atoms with Crippen molar-refractivity contribution in [3.05, 3.63) is 59.7 Å². The van der Waals surface area contributed by atoms with Crippen LogP contribution in [0, 0.1) is 5.92 Å². The maximum absolute atomic E-state index is 13.0. The van der Waals surface area contributed by atoms with Gasteiger partial charge < -0.3 is 5.11 Å². The Morgan fingerprint density at radius 3 is 2.22 bits per heavy atom. The van der Waals surface area contributed by atoms with Crippen molar-refractivity contribution in [1.29, 1.82) is 0 Å². The SMILES string of the molecule is CC(C)[C@H]1CN1Cc1ccccc1S(=O)c1ccccc1CO. The normalized spacial score (nSPS) is 21.4. The lowest BCUT2D eigenvalue weighted by Gasteiger charge is -2.13. The molecule has 1 saturated heterocycles. The van der Waals surface area contributed by atoms with Crippen molar-refractivity contribution in [1.82, 2.24) is 4.90 Å². The molecule has 0 spiro atoms. The first kappa shape index (κ1) is 16.4. The van der Waals surface area contributed by atoms with E-state index in [2.05, 4.69) is 24.8 Å². The first-order valence-electron chi connectivity index (χ1n) is 8.04. The second-order valence-corrected chi connectivity index (χ2v) is 7.80. The quantitative estimate of drug-likeness (QED) is 0.828. The van der Waals surface area contributed by atoms with Crippen LogP contribution in [0.15, 0.2) is 58.3 Å². The average molecular weight is 329 g/mol. The van der Waals surface area contributed by atoms with Crippen molar-refractivity contribution in [2.24, 2.45) is 5.92 Å². The minimum Gasteiger partial charge on any atom is -0.392 e. The van der Waals surface area contributed by atoms with Gasteiger partial charge in [0.15, 0.2) is 0 Å². The third kappa shape index (κ3) is 3.55. The summed E-state index contributed by atoms with van der Waals surface area (Å²) in [4.78, 5) is 3.97. The molecule has 0 saturated carbocycles. The maximum atomic E-state index is 13.0. The average Bonchev–Trinajstić information content (AvgIpc) is 3.34. The first-order chi connectivity index (χ1) is 11.1. The number of benzene rings is 2. The van der Waals surface area contributed by atoms with E-state index in [4.69, 9.17) is 0 Å². The number of rotatable bonds is 6. The lowest BCUT2D eigenvalue weighted by Crippen LogP contribution is -2.10. The molecule has 4 heteroatoms. The van der Waals surface area contributed by atoms with Crippen LogP contribution in [-0.2, 0) is 24.0 Å². The summed E-state index contributed by atoms with van der Waals surface area (Å²) in [7, 11) is -1.27. The van der Waals surface area contributed by atoms with E-state index in [1.807, 2.05) is 42.5 Å². The molecule has 1 heterocycles. The molecule has 3 rings (SSSR count). The molecule has 2 aromatic carbocycles. The number of hydrogen-bond acceptors (Lipinski definition) is 3. The van der Waals surface area contributed by atoms with Gasteiger partial charge in [-0.1, -0.05) is 50.2 Å². The van der Waals surface area contributed by atoms with E-state index in [0.29, 0.717) is 16.9 Å². The molecule has 1 aliphatic heterocycles. The lowest BCUT2D eigenvalue weighted by molar-refractivity contribution is 0.278. The van der Waals surface area contributed by atoms with Crippen LogP contribution in [0.25, 0.3) is 0 Å². The van der Waals surface area contributed by atoms with Crippen molar-refractivity contribution in [3.63, 3.8) is 0 Å². The largest absolute Gasteiger partial charge is 0.392 e. The summed E-state index contributed by atoms with van der Waals surface area (Å²) in [6.07, 6.45) is 0. The zero-order chi connectivity index (χ0) is 16.4. The van der Waals surface area contributed by atoms with Crippen LogP contribution in [0.5, 0.6) is 0 Å². The van der Waals surface area contributed by atoms with Gasteiger partial charge in [0.05, 0.1) is 17.4 Å². The van der Waals surface area contributed by atoms with Gasteiger partial charge in [0.25, 0.3) is 0 Å². The third-order valence-electron chi connectivity index (χ3n) is 4.42. The zero-order valence-corrected chi connectivity index (χ0v) is 14.4. The molecule has 1 aliphatic rings. The molecule has 3 atom stereocenters. The van der Waals surface area contributed by atoms with E-state index in [-0.39, 0.29) is 6.61 Å². The second-order valence-electron chi connectivity index (χ2n) is 6.38. The smallest absolute Gasteiger partial charge is 0.0856 e. The fraction of sp³-hybridized carbons (Fsp3) is 0.368. The van der Waals surface area contributed by atoms with Gasteiger partial charge in [-0.15, -0.1) is 0 Å². The summed E-state index contributed by atoms with van der Waals surface area (Å²) in [5.74, 6) is 0.655. The highest BCUT2D eigenvalue weighted by molar-refractivity contribution is 7.85. The van der Waals surface area contributed by atoms with E-state index in [1.54, 1.807) is 0 Å². The van der Waals surface area contributed by atoms with Gasteiger partial charge in [-0.3, -0.25) is 4.90 Å². The minimum atomic E-state index is -1.27. The van der Waals surface area contributed by atoms with Crippen LogP contribution < -0.4 is 0 Å². The Morgan fingerprint density at radius 2 is 1.65 bits per heavy atom. The third-order valence-corrected chi connectivity index (χ3v) is 6.01. The predicted molar refractivity (Wildman–Crippen MR) is 92.5 cm³/mol. The Bertz CT molecular complexity index is 714. The molecule has 0 aromatic heterocycles. The predicted octanol–water partition coefficient (Wildman–Crippen LogP) is 3.19. The summed E-state index contributed by atoms with van der Waals surface area (Å²) in [5, 5.41) is 9.49. The van der Waals surface area contributed by atoms with Gasteiger partial charge in [-0.2, -0.15) is 0 Å². The highest BCUT2D eigenvalue weighted by Gasteiger charge is 2.36. The molecule has 0 bridgehead atoms. The van der Waals surface area contributed by atoms with Crippen LogP contribution >= 0.6 is 0 Å². The molecule has 0 amide bonds. The Labute approximate surface area is 140 Å². The number of hydrogen-bond donors (Lipinski definition) is 1. The molecular formula is C19H23NO2S. The molecule has 122 valence electrons. The van der Waals surface area contributed by atoms with Crippen molar-refractivity contribution in [2.45, 2.75) is 42.8 Å². The Kier molecular flexibility index (Phi) is 4.95. The molecule has 1 N–H and O–H groups in total. The van der Waals surface area contributed by atoms with Crippen molar-refractivity contribution < 1.29 is 9.32 Å². The fourth-order valence-electron chi connectivity index (χ4n) is 2.98. The van der Waals surface area contributed by atoms with E-state index in [1.165, 1.54) is 0 Å². The van der Waals surface area contributed by atoms with Gasteiger partial charge in [0.2, 0.25) is 0 Å². The van der Waals surface area contributed by atoms with Crippen molar-refractivity contribution in [2.75, 3.05) is 6.54 Å². The number of aliphatic hydroxyl groups is 1. The van der Waals surface area contributed by atoms with E-state index >= 15 is 0 Å². The highest BCUT2D eigenvalue weighted by Crippen LogP contribution is 2.30. The maximum Gasteiger partial charge on any atom is 0.0856 e. The Hall–Kier alpha value is -1.49. The van der Waals surface area contributed by atoms with Crippen LogP contribution in [0.3, 0.4) is 0 Å². The van der Waals surface area contributed by atoms with E-state index in [9.17, 15) is 9.32 Å². The Balaban J connectivity index is 1.87. The second kappa shape index (κ2) is 6.95. The monoisotopic (exact) mass is 329 g/mol. The van der Waals surface area contributed by atoms with Crippen molar-refractivity contribution >= 4 is 10.8 Å². The summed E-state index contributed by atoms with van der Waals surface area (Å²) in [6, 6.07) is 16.0. The van der Waals surface area contributed by atoms with Gasteiger partial charge in [0.1, 0.15) is 0 Å². The summed E-state index contributed by atoms with van der Waals surface area (Å²) in [5.41, 5.74) is 1.84. The molecule has 23 heavy (non-hydrogen) atoms. The minimum absolute atomic E-state index is 0.0916. The molecule has 1 fully saturated rings. The molecule has 0 radical (unpaired) electrons.